The molecule has 3 rings (SSSR count). The van der Waals surface area contributed by atoms with Gasteiger partial charge in [-0.3, -0.25) is 9.59 Å². The fourth-order valence-electron chi connectivity index (χ4n) is 3.16. The summed E-state index contributed by atoms with van der Waals surface area (Å²) in [6.07, 6.45) is 1.83. The van der Waals surface area contributed by atoms with Crippen molar-refractivity contribution < 1.29 is 19.4 Å². The van der Waals surface area contributed by atoms with E-state index in [9.17, 15) is 9.59 Å². The molecule has 1 aromatic rings. The molecule has 5 nitrogen and oxygen atoms in total. The van der Waals surface area contributed by atoms with Crippen molar-refractivity contribution in [3.63, 3.8) is 0 Å². The maximum Gasteiger partial charge on any atom is 0.308 e. The minimum atomic E-state index is -0.804. The van der Waals surface area contributed by atoms with Crippen molar-refractivity contribution in [1.82, 2.24) is 4.90 Å². The fourth-order valence-corrected chi connectivity index (χ4v) is 3.16. The zero-order valence-corrected chi connectivity index (χ0v) is 11.8. The molecule has 2 aliphatic heterocycles. The van der Waals surface area contributed by atoms with Crippen LogP contribution in [0.5, 0.6) is 5.75 Å². The van der Waals surface area contributed by atoms with E-state index >= 15 is 0 Å². The first-order valence-electron chi connectivity index (χ1n) is 7.37. The second-order valence-corrected chi connectivity index (χ2v) is 5.74. The Labute approximate surface area is 123 Å². The molecule has 0 spiro atoms. The topological polar surface area (TPSA) is 66.8 Å². The summed E-state index contributed by atoms with van der Waals surface area (Å²) in [5.74, 6) is -0.115. The molecule has 1 aromatic carbocycles. The minimum absolute atomic E-state index is 0.0560. The fraction of sp³-hybridized carbons (Fsp3) is 0.500. The van der Waals surface area contributed by atoms with Gasteiger partial charge in [-0.2, -0.15) is 0 Å². The normalized spacial score (nSPS) is 24.3. The first-order chi connectivity index (χ1) is 10.1. The zero-order valence-electron chi connectivity index (χ0n) is 11.8. The molecular weight excluding hydrogens is 270 g/mol. The van der Waals surface area contributed by atoms with E-state index in [0.717, 1.165) is 17.7 Å². The molecule has 2 heterocycles. The number of carboxylic acid groups (broad SMARTS) is 1. The van der Waals surface area contributed by atoms with Crippen LogP contribution < -0.4 is 4.74 Å². The Morgan fingerprint density at radius 2 is 2.10 bits per heavy atom. The van der Waals surface area contributed by atoms with Crippen molar-refractivity contribution in [3.05, 3.63) is 29.8 Å². The van der Waals surface area contributed by atoms with Crippen LogP contribution in [0.3, 0.4) is 0 Å². The predicted octanol–water partition coefficient (Wildman–Crippen LogP) is 1.88. The molecule has 5 heteroatoms. The molecule has 2 atom stereocenters. The number of benzene rings is 1. The minimum Gasteiger partial charge on any atom is -0.493 e. The Kier molecular flexibility index (Phi) is 3.82. The smallest absolute Gasteiger partial charge is 0.308 e. The van der Waals surface area contributed by atoms with Gasteiger partial charge in [0.15, 0.2) is 0 Å². The summed E-state index contributed by atoms with van der Waals surface area (Å²) in [6, 6.07) is 7.83. The highest BCUT2D eigenvalue weighted by atomic mass is 16.5. The molecule has 1 fully saturated rings. The molecule has 0 radical (unpaired) electrons. The summed E-state index contributed by atoms with van der Waals surface area (Å²) in [5, 5.41) is 9.01. The SMILES string of the molecule is O=C(O)[C@H]1CCN(C(=O)C[C@H]2CCOc3ccccc32)C1. The van der Waals surface area contributed by atoms with Crippen LogP contribution in [0.2, 0.25) is 0 Å². The number of ether oxygens (including phenoxy) is 1. The maximum absolute atomic E-state index is 12.4. The van der Waals surface area contributed by atoms with E-state index in [-0.39, 0.29) is 11.8 Å². The Morgan fingerprint density at radius 1 is 1.29 bits per heavy atom. The average Bonchev–Trinajstić information content (AvgIpc) is 2.98. The Balaban J connectivity index is 1.65. The summed E-state index contributed by atoms with van der Waals surface area (Å²) in [7, 11) is 0. The van der Waals surface area contributed by atoms with Gasteiger partial charge in [0.25, 0.3) is 0 Å². The van der Waals surface area contributed by atoms with Gasteiger partial charge in [-0.25, -0.2) is 0 Å². The lowest BCUT2D eigenvalue weighted by Crippen LogP contribution is -2.31. The van der Waals surface area contributed by atoms with Crippen LogP contribution in [0, 0.1) is 5.92 Å². The molecule has 21 heavy (non-hydrogen) atoms. The highest BCUT2D eigenvalue weighted by Gasteiger charge is 2.32. The van der Waals surface area contributed by atoms with E-state index in [1.165, 1.54) is 0 Å². The summed E-state index contributed by atoms with van der Waals surface area (Å²) >= 11 is 0. The standard InChI is InChI=1S/C16H19NO4/c18-15(17-7-5-12(10-17)16(19)20)9-11-6-8-21-14-4-2-1-3-13(11)14/h1-4,11-12H,5-10H2,(H,19,20)/t11-,12+/m1/s1. The van der Waals surface area contributed by atoms with E-state index < -0.39 is 11.9 Å². The predicted molar refractivity (Wildman–Crippen MR) is 76.2 cm³/mol. The molecule has 0 saturated carbocycles. The first-order valence-corrected chi connectivity index (χ1v) is 7.37. The van der Waals surface area contributed by atoms with E-state index in [0.29, 0.717) is 32.5 Å². The number of hydrogen-bond acceptors (Lipinski definition) is 3. The van der Waals surface area contributed by atoms with Crippen LogP contribution in [0.1, 0.15) is 30.7 Å². The summed E-state index contributed by atoms with van der Waals surface area (Å²) < 4.78 is 5.61. The van der Waals surface area contributed by atoms with Gasteiger partial charge in [-0.05, 0) is 30.4 Å². The molecular formula is C16H19NO4. The van der Waals surface area contributed by atoms with Crippen LogP contribution in [-0.2, 0) is 9.59 Å². The van der Waals surface area contributed by atoms with Crippen molar-refractivity contribution in [2.24, 2.45) is 5.92 Å². The number of fused-ring (bicyclic) bond motifs is 1. The first kappa shape index (κ1) is 13.9. The van der Waals surface area contributed by atoms with Gasteiger partial charge < -0.3 is 14.7 Å². The van der Waals surface area contributed by atoms with Gasteiger partial charge in [-0.15, -0.1) is 0 Å². The number of carbonyl (C=O) groups is 2. The van der Waals surface area contributed by atoms with Gasteiger partial charge in [-0.1, -0.05) is 18.2 Å². The largest absolute Gasteiger partial charge is 0.493 e. The molecule has 0 aromatic heterocycles. The van der Waals surface area contributed by atoms with Gasteiger partial charge in [0.1, 0.15) is 5.75 Å². The summed E-state index contributed by atoms with van der Waals surface area (Å²) in [6.45, 7) is 1.53. The van der Waals surface area contributed by atoms with Gasteiger partial charge >= 0.3 is 5.97 Å². The third-order valence-corrected chi connectivity index (χ3v) is 4.39. The highest BCUT2D eigenvalue weighted by molar-refractivity contribution is 5.79. The molecule has 1 amide bonds. The number of nitrogens with zero attached hydrogens (tertiary/aromatic N) is 1. The van der Waals surface area contributed by atoms with E-state index in [1.54, 1.807) is 4.90 Å². The molecule has 2 aliphatic rings. The molecule has 1 saturated heterocycles. The molecule has 0 bridgehead atoms. The Morgan fingerprint density at radius 3 is 2.86 bits per heavy atom. The molecule has 1 N–H and O–H groups in total. The van der Waals surface area contributed by atoms with Gasteiger partial charge in [0.2, 0.25) is 5.91 Å². The Hall–Kier alpha value is -2.04. The van der Waals surface area contributed by atoms with Crippen LogP contribution in [0.4, 0.5) is 0 Å². The number of para-hydroxylation sites is 1. The number of carboxylic acids is 1. The molecule has 0 unspecified atom stereocenters. The van der Waals surface area contributed by atoms with Gasteiger partial charge in [0.05, 0.1) is 12.5 Å². The van der Waals surface area contributed by atoms with Gasteiger partial charge in [0, 0.05) is 19.5 Å². The van der Waals surface area contributed by atoms with E-state index in [1.807, 2.05) is 24.3 Å². The quantitative estimate of drug-likeness (QED) is 0.922. The third kappa shape index (κ3) is 2.86. The lowest BCUT2D eigenvalue weighted by Gasteiger charge is -2.27. The van der Waals surface area contributed by atoms with Crippen LogP contribution in [0.25, 0.3) is 0 Å². The average molecular weight is 289 g/mol. The Bertz CT molecular complexity index is 557. The van der Waals surface area contributed by atoms with E-state index in [4.69, 9.17) is 9.84 Å². The second kappa shape index (κ2) is 5.76. The van der Waals surface area contributed by atoms with Crippen molar-refractivity contribution in [2.45, 2.75) is 25.2 Å². The number of hydrogen-bond donors (Lipinski definition) is 1. The number of rotatable bonds is 3. The summed E-state index contributed by atoms with van der Waals surface area (Å²) in [4.78, 5) is 25.0. The third-order valence-electron chi connectivity index (χ3n) is 4.39. The summed E-state index contributed by atoms with van der Waals surface area (Å²) in [5.41, 5.74) is 1.09. The second-order valence-electron chi connectivity index (χ2n) is 5.74. The number of aliphatic carboxylic acids is 1. The maximum atomic E-state index is 12.4. The van der Waals surface area contributed by atoms with Crippen molar-refractivity contribution in [3.8, 4) is 5.75 Å². The molecule has 0 aliphatic carbocycles. The lowest BCUT2D eigenvalue weighted by atomic mass is 9.90. The number of carbonyl (C=O) groups excluding carboxylic acids is 1. The van der Waals surface area contributed by atoms with Crippen molar-refractivity contribution >= 4 is 11.9 Å². The molecule has 112 valence electrons. The highest BCUT2D eigenvalue weighted by Crippen LogP contribution is 2.36. The number of likely N-dealkylation sites (tertiary alicyclic amines) is 1. The van der Waals surface area contributed by atoms with Crippen LogP contribution in [-0.4, -0.2) is 41.6 Å². The van der Waals surface area contributed by atoms with E-state index in [2.05, 4.69) is 0 Å². The van der Waals surface area contributed by atoms with Crippen molar-refractivity contribution in [2.75, 3.05) is 19.7 Å². The monoisotopic (exact) mass is 289 g/mol. The van der Waals surface area contributed by atoms with Crippen molar-refractivity contribution in [1.29, 1.82) is 0 Å². The van der Waals surface area contributed by atoms with Crippen LogP contribution in [0.15, 0.2) is 24.3 Å². The van der Waals surface area contributed by atoms with Crippen LogP contribution >= 0.6 is 0 Å². The number of amides is 1. The lowest BCUT2D eigenvalue weighted by molar-refractivity contribution is -0.141. The zero-order chi connectivity index (χ0) is 14.8.